The molecule has 1 saturated heterocycles. The molecule has 1 unspecified atom stereocenters. The minimum atomic E-state index is 0.653. The largest absolute Gasteiger partial charge is 0.361 e. The van der Waals surface area contributed by atoms with Crippen LogP contribution in [0.4, 0.5) is 0 Å². The predicted octanol–water partition coefficient (Wildman–Crippen LogP) is 2.81. The van der Waals surface area contributed by atoms with Gasteiger partial charge in [-0.15, -0.1) is 0 Å². The number of hydrogen-bond acceptors (Lipinski definition) is 1. The Hall–Kier alpha value is -1.28. The molecule has 1 aromatic carbocycles. The molecule has 0 spiro atoms. The van der Waals surface area contributed by atoms with E-state index >= 15 is 0 Å². The lowest BCUT2D eigenvalue weighted by Crippen LogP contribution is -2.46. The number of hydrogen-bond donors (Lipinski definition) is 2. The van der Waals surface area contributed by atoms with Crippen molar-refractivity contribution < 1.29 is 0 Å². The summed E-state index contributed by atoms with van der Waals surface area (Å²) in [6.07, 6.45) is 4.72. The summed E-state index contributed by atoms with van der Waals surface area (Å²) in [5, 5.41) is 5.23. The fraction of sp³-hybridized carbons (Fsp3) is 0.467. The maximum atomic E-state index is 3.73. The van der Waals surface area contributed by atoms with E-state index in [1.807, 2.05) is 0 Å². The molecule has 88 valence electrons. The number of nitrogens with one attached hydrogen (secondary N) is 2. The van der Waals surface area contributed by atoms with E-state index in [1.165, 1.54) is 35.9 Å². The zero-order valence-electron chi connectivity index (χ0n) is 10.2. The van der Waals surface area contributed by atoms with Crippen LogP contribution in [0.1, 0.15) is 30.4 Å². The molecule has 2 heterocycles. The third-order valence-electron chi connectivity index (χ3n) is 4.53. The molecule has 1 aliphatic carbocycles. The summed E-state index contributed by atoms with van der Waals surface area (Å²) in [6.45, 7) is 3.53. The fourth-order valence-corrected chi connectivity index (χ4v) is 3.73. The monoisotopic (exact) mass is 226 g/mol. The van der Waals surface area contributed by atoms with E-state index in [4.69, 9.17) is 0 Å². The molecule has 1 fully saturated rings. The second-order valence-electron chi connectivity index (χ2n) is 5.75. The minimum absolute atomic E-state index is 0.653. The van der Waals surface area contributed by atoms with Gasteiger partial charge in [-0.05, 0) is 42.5 Å². The lowest BCUT2D eigenvalue weighted by atomic mass is 9.74. The van der Waals surface area contributed by atoms with Crippen molar-refractivity contribution in [3.63, 3.8) is 0 Å². The Bertz CT molecular complexity index is 569. The smallest absolute Gasteiger partial charge is 0.0459 e. The highest BCUT2D eigenvalue weighted by Gasteiger charge is 2.34. The number of fused-ring (bicyclic) bond motifs is 2. The molecule has 1 aromatic heterocycles. The van der Waals surface area contributed by atoms with Crippen molar-refractivity contribution in [2.45, 2.75) is 31.7 Å². The number of benzene rings is 1. The van der Waals surface area contributed by atoms with Gasteiger partial charge in [0.2, 0.25) is 0 Å². The predicted molar refractivity (Wildman–Crippen MR) is 70.3 cm³/mol. The topological polar surface area (TPSA) is 27.8 Å². The third kappa shape index (κ3) is 1.31. The lowest BCUT2D eigenvalue weighted by molar-refractivity contribution is 0.282. The first kappa shape index (κ1) is 9.72. The molecule has 1 aliphatic heterocycles. The fourth-order valence-electron chi connectivity index (χ4n) is 3.73. The van der Waals surface area contributed by atoms with Crippen molar-refractivity contribution >= 4 is 10.9 Å². The van der Waals surface area contributed by atoms with E-state index in [-0.39, 0.29) is 0 Å². The van der Waals surface area contributed by atoms with Crippen LogP contribution >= 0.6 is 0 Å². The van der Waals surface area contributed by atoms with E-state index in [1.54, 1.807) is 5.56 Å². The zero-order chi connectivity index (χ0) is 11.4. The van der Waals surface area contributed by atoms with E-state index < -0.39 is 0 Å². The van der Waals surface area contributed by atoms with E-state index in [0.29, 0.717) is 12.0 Å². The summed E-state index contributed by atoms with van der Waals surface area (Å²) < 4.78 is 0. The molecule has 0 radical (unpaired) electrons. The molecule has 0 amide bonds. The molecule has 2 aromatic rings. The number of aromatic amines is 1. The second-order valence-corrected chi connectivity index (χ2v) is 5.75. The van der Waals surface area contributed by atoms with Gasteiger partial charge in [0.15, 0.2) is 0 Å². The number of rotatable bonds is 0. The molecule has 0 saturated carbocycles. The summed E-state index contributed by atoms with van der Waals surface area (Å²) in [7, 11) is 0. The average molecular weight is 226 g/mol. The molecule has 2 aliphatic rings. The highest BCUT2D eigenvalue weighted by Crippen LogP contribution is 2.41. The maximum Gasteiger partial charge on any atom is 0.0459 e. The van der Waals surface area contributed by atoms with Crippen molar-refractivity contribution in [2.75, 3.05) is 6.54 Å². The van der Waals surface area contributed by atoms with Gasteiger partial charge in [-0.3, -0.25) is 0 Å². The van der Waals surface area contributed by atoms with E-state index in [9.17, 15) is 0 Å². The van der Waals surface area contributed by atoms with Gasteiger partial charge in [0.25, 0.3) is 0 Å². The Morgan fingerprint density at radius 1 is 1.29 bits per heavy atom. The first-order chi connectivity index (χ1) is 8.33. The molecular weight excluding hydrogens is 208 g/mol. The second kappa shape index (κ2) is 3.36. The Balaban J connectivity index is 1.92. The standard InChI is InChI=1S/C15H18N2/c1-9-5-12-11-3-2-4-13-15(11)10(8-17-13)6-14(12)16-7-9/h2-4,8-9,12,14,16-17H,5-7H2,1H3/t9?,12-,14-/m1/s1. The average Bonchev–Trinajstić information content (AvgIpc) is 2.75. The van der Waals surface area contributed by atoms with Crippen molar-refractivity contribution in [1.29, 1.82) is 0 Å². The summed E-state index contributed by atoms with van der Waals surface area (Å²) in [6, 6.07) is 7.37. The zero-order valence-corrected chi connectivity index (χ0v) is 10.2. The van der Waals surface area contributed by atoms with Crippen LogP contribution in [0.25, 0.3) is 10.9 Å². The van der Waals surface area contributed by atoms with Crippen LogP contribution in [-0.2, 0) is 6.42 Å². The van der Waals surface area contributed by atoms with Crippen LogP contribution in [-0.4, -0.2) is 17.6 Å². The summed E-state index contributed by atoms with van der Waals surface area (Å²) in [5.74, 6) is 1.51. The normalized spacial score (nSPS) is 31.5. The summed E-state index contributed by atoms with van der Waals surface area (Å²) in [4.78, 5) is 3.41. The van der Waals surface area contributed by atoms with Crippen LogP contribution in [0.3, 0.4) is 0 Å². The Morgan fingerprint density at radius 3 is 3.18 bits per heavy atom. The number of piperidine rings is 1. The SMILES string of the molecule is CC1CN[C@@H]2Cc3c[nH]c4cccc(c34)[C@H]2C1. The van der Waals surface area contributed by atoms with Gasteiger partial charge in [0, 0.05) is 29.1 Å². The Morgan fingerprint density at radius 2 is 2.24 bits per heavy atom. The van der Waals surface area contributed by atoms with Crippen LogP contribution < -0.4 is 5.32 Å². The van der Waals surface area contributed by atoms with Gasteiger partial charge in [0.05, 0.1) is 0 Å². The van der Waals surface area contributed by atoms with Crippen molar-refractivity contribution in [1.82, 2.24) is 10.3 Å². The van der Waals surface area contributed by atoms with E-state index in [2.05, 4.69) is 41.6 Å². The summed E-state index contributed by atoms with van der Waals surface area (Å²) >= 11 is 0. The highest BCUT2D eigenvalue weighted by atomic mass is 14.9. The molecule has 0 bridgehead atoms. The molecule has 2 nitrogen and oxygen atoms in total. The first-order valence-corrected chi connectivity index (χ1v) is 6.65. The molecule has 2 N–H and O–H groups in total. The van der Waals surface area contributed by atoms with Crippen LogP contribution in [0.5, 0.6) is 0 Å². The van der Waals surface area contributed by atoms with Crippen molar-refractivity contribution in [3.8, 4) is 0 Å². The maximum absolute atomic E-state index is 3.73. The summed E-state index contributed by atoms with van der Waals surface area (Å²) in [5.41, 5.74) is 4.38. The Kier molecular flexibility index (Phi) is 1.92. The van der Waals surface area contributed by atoms with Crippen molar-refractivity contribution in [2.24, 2.45) is 5.92 Å². The van der Waals surface area contributed by atoms with Gasteiger partial charge in [-0.25, -0.2) is 0 Å². The van der Waals surface area contributed by atoms with Gasteiger partial charge < -0.3 is 10.3 Å². The molecule has 2 heteroatoms. The Labute approximate surface area is 101 Å². The number of H-pyrrole nitrogens is 1. The highest BCUT2D eigenvalue weighted by molar-refractivity contribution is 5.88. The van der Waals surface area contributed by atoms with E-state index in [0.717, 1.165) is 5.92 Å². The van der Waals surface area contributed by atoms with Crippen LogP contribution in [0, 0.1) is 5.92 Å². The van der Waals surface area contributed by atoms with Gasteiger partial charge in [-0.2, -0.15) is 0 Å². The van der Waals surface area contributed by atoms with Crippen LogP contribution in [0.15, 0.2) is 24.4 Å². The molecular formula is C15H18N2. The molecule has 3 atom stereocenters. The van der Waals surface area contributed by atoms with Gasteiger partial charge >= 0.3 is 0 Å². The number of aromatic nitrogens is 1. The minimum Gasteiger partial charge on any atom is -0.361 e. The van der Waals surface area contributed by atoms with Crippen LogP contribution in [0.2, 0.25) is 0 Å². The molecule has 4 rings (SSSR count). The molecule has 17 heavy (non-hydrogen) atoms. The first-order valence-electron chi connectivity index (χ1n) is 6.65. The van der Waals surface area contributed by atoms with Gasteiger partial charge in [-0.1, -0.05) is 19.1 Å². The third-order valence-corrected chi connectivity index (χ3v) is 4.53. The quantitative estimate of drug-likeness (QED) is 0.710. The van der Waals surface area contributed by atoms with Gasteiger partial charge in [0.1, 0.15) is 0 Å². The lowest BCUT2D eigenvalue weighted by Gasteiger charge is -2.39. The van der Waals surface area contributed by atoms with Crippen molar-refractivity contribution in [3.05, 3.63) is 35.5 Å².